The van der Waals surface area contributed by atoms with Crippen molar-refractivity contribution in [3.63, 3.8) is 0 Å². The first-order chi connectivity index (χ1) is 20.4. The van der Waals surface area contributed by atoms with E-state index in [1.807, 2.05) is 0 Å². The number of hydrogen-bond donors (Lipinski definition) is 1. The standard InChI is InChI=1S/C38H58NO4Si/c1-35(2,3)27-15-13-26(14-16-27)34-31-32(38(42-34)19-11-12-20-38)30-28(39(40)33(31)25-17-21-41-22-18-25)23-37(7,8)24-29(30)43-44(9,10)36(4,5)6/h13-16,25,29,34,40H,11-12,17-24H2,1-10H3/q+1/t29-,34+/m0/s1. The lowest BCUT2D eigenvalue weighted by molar-refractivity contribution is -0.916. The predicted molar refractivity (Wildman–Crippen MR) is 178 cm³/mol. The highest BCUT2D eigenvalue weighted by molar-refractivity contribution is 6.74. The number of pyridine rings is 1. The molecule has 0 unspecified atom stereocenters. The largest absolute Gasteiger partial charge is 0.410 e. The molecule has 3 heterocycles. The Balaban J connectivity index is 1.63. The second-order valence-electron chi connectivity index (χ2n) is 17.7. The SMILES string of the molecule is CC1(C)Cc2c(c3c(c(C4CCOCC4)[n+]2O)[C@@H](c2ccc(C(C)(C)C)cc2)OC32CCCC2)[C@@H](O[Si](C)(C)C(C)(C)C)C1. The molecular formula is C38H58NO4Si+. The van der Waals surface area contributed by atoms with Crippen LogP contribution in [0.3, 0.4) is 0 Å². The molecule has 2 fully saturated rings. The van der Waals surface area contributed by atoms with Crippen LogP contribution in [0.25, 0.3) is 0 Å². The third-order valence-electron chi connectivity index (χ3n) is 11.7. The first kappa shape index (κ1) is 32.2. The molecule has 242 valence electrons. The van der Waals surface area contributed by atoms with Gasteiger partial charge in [-0.1, -0.05) is 92.5 Å². The van der Waals surface area contributed by atoms with Crippen molar-refractivity contribution in [1.82, 2.24) is 0 Å². The molecule has 1 N–H and O–H groups in total. The third kappa shape index (κ3) is 5.50. The van der Waals surface area contributed by atoms with Crippen LogP contribution in [0.2, 0.25) is 18.1 Å². The van der Waals surface area contributed by atoms with E-state index in [4.69, 9.17) is 13.9 Å². The number of benzene rings is 1. The fourth-order valence-electron chi connectivity index (χ4n) is 8.24. The van der Waals surface area contributed by atoms with E-state index < -0.39 is 8.32 Å². The number of hydrogen-bond acceptors (Lipinski definition) is 4. The quantitative estimate of drug-likeness (QED) is 0.210. The first-order valence-electron chi connectivity index (χ1n) is 17.3. The van der Waals surface area contributed by atoms with Crippen LogP contribution in [0.5, 0.6) is 0 Å². The molecule has 0 radical (unpaired) electrons. The predicted octanol–water partition coefficient (Wildman–Crippen LogP) is 9.33. The molecular weight excluding hydrogens is 563 g/mol. The molecule has 2 aliphatic heterocycles. The molecule has 44 heavy (non-hydrogen) atoms. The average molecular weight is 621 g/mol. The van der Waals surface area contributed by atoms with Crippen LogP contribution in [0, 0.1) is 5.41 Å². The lowest BCUT2D eigenvalue weighted by Gasteiger charge is -2.44. The van der Waals surface area contributed by atoms with Crippen molar-refractivity contribution in [3.8, 4) is 0 Å². The Labute approximate surface area is 267 Å². The second-order valence-corrected chi connectivity index (χ2v) is 22.5. The molecule has 1 aromatic carbocycles. The Hall–Kier alpha value is -1.73. The summed E-state index contributed by atoms with van der Waals surface area (Å²) in [6, 6.07) is 9.13. The van der Waals surface area contributed by atoms with Crippen molar-refractivity contribution in [2.75, 3.05) is 13.2 Å². The Kier molecular flexibility index (Phi) is 8.00. The zero-order valence-electron chi connectivity index (χ0n) is 29.2. The van der Waals surface area contributed by atoms with E-state index in [1.54, 1.807) is 4.73 Å². The summed E-state index contributed by atoms with van der Waals surface area (Å²) >= 11 is 0. The van der Waals surface area contributed by atoms with Crippen LogP contribution < -0.4 is 4.73 Å². The summed E-state index contributed by atoms with van der Waals surface area (Å²) in [6.45, 7) is 24.7. The summed E-state index contributed by atoms with van der Waals surface area (Å²) in [7, 11) is -2.12. The number of ether oxygens (including phenoxy) is 2. The maximum atomic E-state index is 12.5. The van der Waals surface area contributed by atoms with Crippen LogP contribution >= 0.6 is 0 Å². The average Bonchev–Trinajstić information content (AvgIpc) is 3.53. The Morgan fingerprint density at radius 3 is 2.11 bits per heavy atom. The van der Waals surface area contributed by atoms with Crippen LogP contribution in [-0.2, 0) is 31.3 Å². The van der Waals surface area contributed by atoms with Gasteiger partial charge in [-0.25, -0.2) is 0 Å². The molecule has 2 atom stereocenters. The number of fused-ring (bicyclic) bond motifs is 4. The number of aromatic nitrogens is 1. The molecule has 5 nitrogen and oxygen atoms in total. The van der Waals surface area contributed by atoms with Gasteiger partial charge in [-0.15, -0.1) is 0 Å². The molecule has 1 spiro atoms. The minimum Gasteiger partial charge on any atom is -0.410 e. The van der Waals surface area contributed by atoms with E-state index in [1.165, 1.54) is 40.7 Å². The van der Waals surface area contributed by atoms with Gasteiger partial charge in [0.25, 0.3) is 0 Å². The van der Waals surface area contributed by atoms with Gasteiger partial charge in [0, 0.05) is 29.9 Å². The van der Waals surface area contributed by atoms with Gasteiger partial charge < -0.3 is 13.9 Å². The van der Waals surface area contributed by atoms with Crippen molar-refractivity contribution in [3.05, 3.63) is 63.5 Å². The summed E-state index contributed by atoms with van der Waals surface area (Å²) < 4.78 is 22.3. The monoisotopic (exact) mass is 620 g/mol. The molecule has 1 saturated carbocycles. The van der Waals surface area contributed by atoms with Gasteiger partial charge in [-0.05, 0) is 72.2 Å². The molecule has 1 saturated heterocycles. The molecule has 1 aromatic heterocycles. The van der Waals surface area contributed by atoms with Gasteiger partial charge in [0.1, 0.15) is 6.10 Å². The molecule has 0 bridgehead atoms. The van der Waals surface area contributed by atoms with Gasteiger partial charge in [0.05, 0.1) is 28.7 Å². The molecule has 4 aliphatic rings. The first-order valence-corrected chi connectivity index (χ1v) is 20.2. The van der Waals surface area contributed by atoms with Crippen LogP contribution in [0.15, 0.2) is 24.3 Å². The van der Waals surface area contributed by atoms with E-state index in [2.05, 4.69) is 92.7 Å². The lowest BCUT2D eigenvalue weighted by atomic mass is 9.70. The Morgan fingerprint density at radius 1 is 0.932 bits per heavy atom. The highest BCUT2D eigenvalue weighted by Gasteiger charge is 2.58. The highest BCUT2D eigenvalue weighted by atomic mass is 28.4. The Bertz CT molecular complexity index is 1390. The third-order valence-corrected chi connectivity index (χ3v) is 16.2. The van der Waals surface area contributed by atoms with E-state index in [-0.39, 0.29) is 39.6 Å². The second kappa shape index (κ2) is 10.9. The molecule has 6 heteroatoms. The van der Waals surface area contributed by atoms with Crippen molar-refractivity contribution < 1.29 is 23.8 Å². The molecule has 2 aromatic rings. The van der Waals surface area contributed by atoms with E-state index in [9.17, 15) is 5.21 Å². The van der Waals surface area contributed by atoms with Crippen molar-refractivity contribution >= 4 is 8.32 Å². The molecule has 2 aliphatic carbocycles. The van der Waals surface area contributed by atoms with Gasteiger partial charge in [0.2, 0.25) is 11.4 Å². The summed E-state index contributed by atoms with van der Waals surface area (Å²) in [5.41, 5.74) is 8.26. The van der Waals surface area contributed by atoms with E-state index in [0.29, 0.717) is 0 Å². The van der Waals surface area contributed by atoms with Crippen LogP contribution in [-0.4, -0.2) is 26.7 Å². The smallest absolute Gasteiger partial charge is 0.244 e. The van der Waals surface area contributed by atoms with Gasteiger partial charge in [-0.3, -0.25) is 5.21 Å². The zero-order valence-corrected chi connectivity index (χ0v) is 30.2. The maximum absolute atomic E-state index is 12.5. The fraction of sp³-hybridized carbons (Fsp3) is 0.711. The van der Waals surface area contributed by atoms with E-state index in [0.717, 1.165) is 63.1 Å². The summed E-state index contributed by atoms with van der Waals surface area (Å²) in [5, 5.41) is 12.6. The van der Waals surface area contributed by atoms with E-state index >= 15 is 0 Å². The summed E-state index contributed by atoms with van der Waals surface area (Å²) in [4.78, 5) is 0. The summed E-state index contributed by atoms with van der Waals surface area (Å²) in [5.74, 6) is 0.231. The normalized spacial score (nSPS) is 25.3. The van der Waals surface area contributed by atoms with Gasteiger partial charge in [0.15, 0.2) is 8.32 Å². The van der Waals surface area contributed by atoms with Crippen molar-refractivity contribution in [2.24, 2.45) is 5.41 Å². The van der Waals surface area contributed by atoms with Crippen LogP contribution in [0.4, 0.5) is 0 Å². The van der Waals surface area contributed by atoms with Gasteiger partial charge >= 0.3 is 0 Å². The zero-order chi connectivity index (χ0) is 31.9. The minimum atomic E-state index is -2.12. The number of nitrogens with zero attached hydrogens (tertiary/aromatic N) is 1. The minimum absolute atomic E-state index is 0.0101. The van der Waals surface area contributed by atoms with Crippen LogP contribution in [0.1, 0.15) is 158 Å². The molecule has 6 rings (SSSR count). The molecule has 0 amide bonds. The van der Waals surface area contributed by atoms with Gasteiger partial charge in [-0.2, -0.15) is 0 Å². The lowest BCUT2D eigenvalue weighted by Crippen LogP contribution is -2.51. The number of rotatable bonds is 4. The van der Waals surface area contributed by atoms with Crippen molar-refractivity contribution in [1.29, 1.82) is 0 Å². The fourth-order valence-corrected chi connectivity index (χ4v) is 9.51. The topological polar surface area (TPSA) is 51.8 Å². The Morgan fingerprint density at radius 2 is 1.55 bits per heavy atom. The van der Waals surface area contributed by atoms with Crippen molar-refractivity contribution in [2.45, 2.75) is 154 Å². The summed E-state index contributed by atoms with van der Waals surface area (Å²) in [6.07, 6.45) is 7.76. The highest BCUT2D eigenvalue weighted by Crippen LogP contribution is 2.60. The maximum Gasteiger partial charge on any atom is 0.244 e.